The van der Waals surface area contributed by atoms with Crippen molar-refractivity contribution >= 4 is 24.0 Å². The Morgan fingerprint density at radius 1 is 1.38 bits per heavy atom. The molecule has 0 saturated carbocycles. The van der Waals surface area contributed by atoms with Crippen LogP contribution in [-0.4, -0.2) is 28.8 Å². The summed E-state index contributed by atoms with van der Waals surface area (Å²) in [6, 6.07) is 10.1. The van der Waals surface area contributed by atoms with Crippen molar-refractivity contribution in [3.05, 3.63) is 47.8 Å². The Labute approximate surface area is 149 Å². The van der Waals surface area contributed by atoms with Crippen LogP contribution >= 0.6 is 12.4 Å². The Balaban J connectivity index is 0.00000208. The lowest BCUT2D eigenvalue weighted by atomic mass is 10.1. The van der Waals surface area contributed by atoms with Crippen molar-refractivity contribution in [1.82, 2.24) is 15.1 Å². The van der Waals surface area contributed by atoms with Crippen molar-refractivity contribution in [2.75, 3.05) is 18.4 Å². The molecule has 1 aromatic carbocycles. The highest BCUT2D eigenvalue weighted by molar-refractivity contribution is 6.03. The monoisotopic (exact) mass is 348 g/mol. The predicted molar refractivity (Wildman–Crippen MR) is 99.0 cm³/mol. The van der Waals surface area contributed by atoms with E-state index >= 15 is 0 Å². The van der Waals surface area contributed by atoms with Gasteiger partial charge in [-0.3, -0.25) is 9.48 Å². The van der Waals surface area contributed by atoms with Crippen LogP contribution in [0.5, 0.6) is 0 Å². The number of hydrogen-bond donors (Lipinski definition) is 2. The van der Waals surface area contributed by atoms with Gasteiger partial charge in [0.1, 0.15) is 0 Å². The molecule has 24 heavy (non-hydrogen) atoms. The van der Waals surface area contributed by atoms with Gasteiger partial charge < -0.3 is 10.6 Å². The van der Waals surface area contributed by atoms with Crippen LogP contribution in [0.2, 0.25) is 0 Å². The van der Waals surface area contributed by atoms with Crippen LogP contribution in [0.1, 0.15) is 48.3 Å². The van der Waals surface area contributed by atoms with Gasteiger partial charge in [-0.05, 0) is 43.5 Å². The Morgan fingerprint density at radius 3 is 2.96 bits per heavy atom. The van der Waals surface area contributed by atoms with Gasteiger partial charge in [0.05, 0.1) is 6.04 Å². The van der Waals surface area contributed by atoms with Crippen LogP contribution in [0.3, 0.4) is 0 Å². The van der Waals surface area contributed by atoms with Crippen LogP contribution in [0.25, 0.3) is 0 Å². The zero-order chi connectivity index (χ0) is 16.1. The summed E-state index contributed by atoms with van der Waals surface area (Å²) in [7, 11) is 0. The van der Waals surface area contributed by atoms with Gasteiger partial charge in [-0.1, -0.05) is 31.5 Å². The van der Waals surface area contributed by atoms with Gasteiger partial charge in [-0.25, -0.2) is 0 Å². The maximum Gasteiger partial charge on any atom is 0.276 e. The Bertz CT molecular complexity index is 665. The molecule has 6 heteroatoms. The number of amides is 1. The number of piperidine rings is 1. The van der Waals surface area contributed by atoms with Gasteiger partial charge in [-0.15, -0.1) is 12.4 Å². The lowest BCUT2D eigenvalue weighted by Crippen LogP contribution is -2.32. The highest BCUT2D eigenvalue weighted by Gasteiger charge is 2.18. The molecule has 2 aromatic rings. The van der Waals surface area contributed by atoms with Gasteiger partial charge >= 0.3 is 0 Å². The summed E-state index contributed by atoms with van der Waals surface area (Å²) < 4.78 is 1.92. The molecule has 1 saturated heterocycles. The topological polar surface area (TPSA) is 59.0 Å². The smallest absolute Gasteiger partial charge is 0.276 e. The van der Waals surface area contributed by atoms with E-state index in [1.165, 1.54) is 5.56 Å². The molecule has 5 nitrogen and oxygen atoms in total. The summed E-state index contributed by atoms with van der Waals surface area (Å²) in [6.07, 6.45) is 6.17. The van der Waals surface area contributed by atoms with Gasteiger partial charge in [0.2, 0.25) is 0 Å². The third kappa shape index (κ3) is 4.36. The van der Waals surface area contributed by atoms with Crippen molar-refractivity contribution in [2.24, 2.45) is 0 Å². The van der Waals surface area contributed by atoms with E-state index in [4.69, 9.17) is 0 Å². The van der Waals surface area contributed by atoms with E-state index < -0.39 is 0 Å². The SMILES string of the molecule is CCCc1ccccc1NC(=O)c1ccn(C2CCCNC2)n1.Cl. The molecule has 0 radical (unpaired) electrons. The molecule has 1 amide bonds. The number of halogens is 1. The number of carbonyl (C=O) groups is 1. The number of aryl methyl sites for hydroxylation is 1. The summed E-state index contributed by atoms with van der Waals surface area (Å²) >= 11 is 0. The van der Waals surface area contributed by atoms with Crippen LogP contribution in [0.4, 0.5) is 5.69 Å². The quantitative estimate of drug-likeness (QED) is 0.870. The fourth-order valence-electron chi connectivity index (χ4n) is 3.04. The minimum Gasteiger partial charge on any atom is -0.320 e. The fourth-order valence-corrected chi connectivity index (χ4v) is 3.04. The van der Waals surface area contributed by atoms with E-state index in [0.717, 1.165) is 44.5 Å². The second-order valence-electron chi connectivity index (χ2n) is 6.04. The third-order valence-electron chi connectivity index (χ3n) is 4.27. The zero-order valence-electron chi connectivity index (χ0n) is 14.0. The number of rotatable bonds is 5. The number of anilines is 1. The molecule has 0 spiro atoms. The molecule has 1 aromatic heterocycles. The molecule has 3 rings (SSSR count). The zero-order valence-corrected chi connectivity index (χ0v) is 14.8. The van der Waals surface area contributed by atoms with Crippen LogP contribution in [-0.2, 0) is 6.42 Å². The molecular formula is C18H25ClN4O. The molecule has 1 fully saturated rings. The lowest BCUT2D eigenvalue weighted by molar-refractivity contribution is 0.102. The molecule has 2 N–H and O–H groups in total. The first-order valence-corrected chi connectivity index (χ1v) is 8.43. The first-order chi connectivity index (χ1) is 11.3. The molecular weight excluding hydrogens is 324 g/mol. The van der Waals surface area contributed by atoms with Crippen molar-refractivity contribution < 1.29 is 4.79 Å². The molecule has 0 bridgehead atoms. The van der Waals surface area contributed by atoms with Crippen molar-refractivity contribution in [2.45, 2.75) is 38.6 Å². The van der Waals surface area contributed by atoms with E-state index in [2.05, 4.69) is 28.7 Å². The van der Waals surface area contributed by atoms with Crippen molar-refractivity contribution in [1.29, 1.82) is 0 Å². The first-order valence-electron chi connectivity index (χ1n) is 8.43. The summed E-state index contributed by atoms with van der Waals surface area (Å²) in [4.78, 5) is 12.5. The molecule has 2 heterocycles. The van der Waals surface area contributed by atoms with E-state index in [1.54, 1.807) is 6.07 Å². The Kier molecular flexibility index (Phi) is 6.82. The average Bonchev–Trinajstić information content (AvgIpc) is 3.08. The number of hydrogen-bond acceptors (Lipinski definition) is 3. The fraction of sp³-hybridized carbons (Fsp3) is 0.444. The second kappa shape index (κ2) is 8.85. The maximum absolute atomic E-state index is 12.5. The number of nitrogens with one attached hydrogen (secondary N) is 2. The minimum atomic E-state index is -0.143. The number of nitrogens with zero attached hydrogens (tertiary/aromatic N) is 2. The first kappa shape index (κ1) is 18.5. The van der Waals surface area contributed by atoms with E-state index in [1.807, 2.05) is 29.1 Å². The summed E-state index contributed by atoms with van der Waals surface area (Å²) in [5.41, 5.74) is 2.52. The van der Waals surface area contributed by atoms with Gasteiger partial charge in [-0.2, -0.15) is 5.10 Å². The summed E-state index contributed by atoms with van der Waals surface area (Å²) in [6.45, 7) is 4.12. The number of carbonyl (C=O) groups excluding carboxylic acids is 1. The predicted octanol–water partition coefficient (Wildman–Crippen LogP) is 3.43. The van der Waals surface area contributed by atoms with Crippen LogP contribution < -0.4 is 10.6 Å². The second-order valence-corrected chi connectivity index (χ2v) is 6.04. The Hall–Kier alpha value is -1.85. The van der Waals surface area contributed by atoms with E-state index in [0.29, 0.717) is 11.7 Å². The highest BCUT2D eigenvalue weighted by atomic mass is 35.5. The van der Waals surface area contributed by atoms with Gasteiger partial charge in [0, 0.05) is 18.4 Å². The largest absolute Gasteiger partial charge is 0.320 e. The standard InChI is InChI=1S/C18H24N4O.ClH/c1-2-6-14-7-3-4-9-16(14)20-18(23)17-10-12-22(21-17)15-8-5-11-19-13-15;/h3-4,7,9-10,12,15,19H,2,5-6,8,11,13H2,1H3,(H,20,23);1H. The molecule has 1 unspecified atom stereocenters. The summed E-state index contributed by atoms with van der Waals surface area (Å²) in [5, 5.41) is 10.8. The van der Waals surface area contributed by atoms with Crippen molar-refractivity contribution in [3.8, 4) is 0 Å². The molecule has 1 aliphatic heterocycles. The van der Waals surface area contributed by atoms with E-state index in [9.17, 15) is 4.79 Å². The lowest BCUT2D eigenvalue weighted by Gasteiger charge is -2.22. The highest BCUT2D eigenvalue weighted by Crippen LogP contribution is 2.19. The van der Waals surface area contributed by atoms with Crippen LogP contribution in [0.15, 0.2) is 36.5 Å². The maximum atomic E-state index is 12.5. The number of aromatic nitrogens is 2. The van der Waals surface area contributed by atoms with Gasteiger partial charge in [0.25, 0.3) is 5.91 Å². The third-order valence-corrected chi connectivity index (χ3v) is 4.27. The van der Waals surface area contributed by atoms with Crippen molar-refractivity contribution in [3.63, 3.8) is 0 Å². The number of benzene rings is 1. The average molecular weight is 349 g/mol. The molecule has 1 aliphatic rings. The van der Waals surface area contributed by atoms with Crippen LogP contribution in [0, 0.1) is 0 Å². The molecule has 1 atom stereocenters. The van der Waals surface area contributed by atoms with Gasteiger partial charge in [0.15, 0.2) is 5.69 Å². The minimum absolute atomic E-state index is 0. The summed E-state index contributed by atoms with van der Waals surface area (Å²) in [5.74, 6) is -0.143. The molecule has 130 valence electrons. The molecule has 0 aliphatic carbocycles. The normalized spacial score (nSPS) is 17.1. The number of para-hydroxylation sites is 1. The Morgan fingerprint density at radius 2 is 2.21 bits per heavy atom. The van der Waals surface area contributed by atoms with E-state index in [-0.39, 0.29) is 18.3 Å².